The average molecular weight is 337 g/mol. The lowest BCUT2D eigenvalue weighted by Gasteiger charge is -2.13. The molecular weight excluding hydrogens is 325 g/mol. The zero-order valence-electron chi connectivity index (χ0n) is 10.8. The van der Waals surface area contributed by atoms with Crippen molar-refractivity contribution in [3.63, 3.8) is 0 Å². The minimum atomic E-state index is -1.65. The third kappa shape index (κ3) is 2.55. The summed E-state index contributed by atoms with van der Waals surface area (Å²) in [6.45, 7) is 1.97. The van der Waals surface area contributed by atoms with Crippen molar-refractivity contribution in [1.29, 1.82) is 0 Å². The highest BCUT2D eigenvalue weighted by molar-refractivity contribution is 6.67. The number of esters is 1. The van der Waals surface area contributed by atoms with Crippen LogP contribution < -0.4 is 0 Å². The molecule has 0 atom stereocenters. The second-order valence-corrected chi connectivity index (χ2v) is 6.48. The number of halogens is 3. The largest absolute Gasteiger partial charge is 0.506 e. The number of fused-ring (bicyclic) bond motifs is 1. The van der Waals surface area contributed by atoms with Crippen molar-refractivity contribution in [1.82, 2.24) is 4.57 Å². The van der Waals surface area contributed by atoms with Crippen LogP contribution in [0.3, 0.4) is 0 Å². The highest BCUT2D eigenvalue weighted by Gasteiger charge is 2.28. The van der Waals surface area contributed by atoms with E-state index in [-0.39, 0.29) is 18.1 Å². The SMILES string of the molecule is CCOC(=O)c1cc2c(C(Cl)(Cl)Cl)ccc(O)c2n1C. The molecule has 4 nitrogen and oxygen atoms in total. The number of nitrogens with zero attached hydrogens (tertiary/aromatic N) is 1. The van der Waals surface area contributed by atoms with E-state index in [0.29, 0.717) is 16.5 Å². The van der Waals surface area contributed by atoms with E-state index >= 15 is 0 Å². The summed E-state index contributed by atoms with van der Waals surface area (Å²) >= 11 is 17.7. The molecule has 1 N–H and O–H groups in total. The number of alkyl halides is 3. The topological polar surface area (TPSA) is 51.5 Å². The van der Waals surface area contributed by atoms with Crippen LogP contribution in [0.5, 0.6) is 5.75 Å². The Kier molecular flexibility index (Phi) is 4.09. The number of phenolic OH excluding ortho intramolecular Hbond substituents is 1. The fourth-order valence-electron chi connectivity index (χ4n) is 2.10. The lowest BCUT2D eigenvalue weighted by atomic mass is 10.1. The maximum atomic E-state index is 11.9. The van der Waals surface area contributed by atoms with Gasteiger partial charge in [0, 0.05) is 18.0 Å². The molecule has 2 aromatic rings. The molecule has 0 spiro atoms. The van der Waals surface area contributed by atoms with Gasteiger partial charge in [0.25, 0.3) is 0 Å². The van der Waals surface area contributed by atoms with Gasteiger partial charge in [-0.1, -0.05) is 40.9 Å². The third-order valence-electron chi connectivity index (χ3n) is 2.96. The van der Waals surface area contributed by atoms with Gasteiger partial charge in [0.2, 0.25) is 3.79 Å². The molecule has 0 fully saturated rings. The predicted octanol–water partition coefficient (Wildman–Crippen LogP) is 3.89. The fourth-order valence-corrected chi connectivity index (χ4v) is 2.59. The first-order valence-corrected chi connectivity index (χ1v) is 6.96. The molecule has 1 aromatic heterocycles. The molecule has 0 aliphatic heterocycles. The lowest BCUT2D eigenvalue weighted by molar-refractivity contribution is 0.0516. The van der Waals surface area contributed by atoms with E-state index in [2.05, 4.69) is 0 Å². The number of aromatic hydroxyl groups is 1. The zero-order chi connectivity index (χ0) is 15.1. The first kappa shape index (κ1) is 15.3. The Morgan fingerprint density at radius 3 is 2.60 bits per heavy atom. The first-order chi connectivity index (χ1) is 9.27. The Balaban J connectivity index is 2.75. The highest BCUT2D eigenvalue weighted by atomic mass is 35.6. The van der Waals surface area contributed by atoms with Crippen molar-refractivity contribution in [3.05, 3.63) is 29.5 Å². The molecular formula is C13H12Cl3NO3. The van der Waals surface area contributed by atoms with Gasteiger partial charge in [0.05, 0.1) is 12.1 Å². The smallest absolute Gasteiger partial charge is 0.354 e. The number of benzene rings is 1. The number of carbonyl (C=O) groups excluding carboxylic acids is 1. The second-order valence-electron chi connectivity index (χ2n) is 4.20. The van der Waals surface area contributed by atoms with Crippen molar-refractivity contribution in [3.8, 4) is 5.75 Å². The van der Waals surface area contributed by atoms with Gasteiger partial charge in [-0.25, -0.2) is 4.79 Å². The summed E-state index contributed by atoms with van der Waals surface area (Å²) in [5, 5.41) is 10.5. The molecule has 0 aliphatic rings. The van der Waals surface area contributed by atoms with Crippen LogP contribution in [0.15, 0.2) is 18.2 Å². The fraction of sp³-hybridized carbons (Fsp3) is 0.308. The molecule has 0 bridgehead atoms. The van der Waals surface area contributed by atoms with E-state index in [9.17, 15) is 9.90 Å². The Morgan fingerprint density at radius 1 is 1.40 bits per heavy atom. The molecule has 0 aliphatic carbocycles. The van der Waals surface area contributed by atoms with Gasteiger partial charge in [0.15, 0.2) is 0 Å². The maximum Gasteiger partial charge on any atom is 0.354 e. The molecule has 0 unspecified atom stereocenters. The van der Waals surface area contributed by atoms with E-state index in [1.807, 2.05) is 0 Å². The number of hydrogen-bond acceptors (Lipinski definition) is 3. The van der Waals surface area contributed by atoms with E-state index in [1.165, 1.54) is 16.7 Å². The van der Waals surface area contributed by atoms with Crippen LogP contribution in [-0.2, 0) is 15.6 Å². The standard InChI is InChI=1S/C13H12Cl3NO3/c1-3-20-12(19)9-6-7-8(13(14,15)16)4-5-10(18)11(7)17(9)2/h4-6,18H,3H2,1-2H3. The van der Waals surface area contributed by atoms with Gasteiger partial charge in [-0.05, 0) is 19.1 Å². The number of ether oxygens (including phenoxy) is 1. The van der Waals surface area contributed by atoms with Crippen LogP contribution in [-0.4, -0.2) is 22.2 Å². The summed E-state index contributed by atoms with van der Waals surface area (Å²) in [7, 11) is 1.64. The number of aryl methyl sites for hydroxylation is 1. The summed E-state index contributed by atoms with van der Waals surface area (Å²) in [5.74, 6) is -0.503. The van der Waals surface area contributed by atoms with Gasteiger partial charge < -0.3 is 14.4 Å². The molecule has 1 heterocycles. The summed E-state index contributed by atoms with van der Waals surface area (Å²) < 4.78 is 4.83. The molecule has 0 saturated carbocycles. The van der Waals surface area contributed by atoms with Gasteiger partial charge >= 0.3 is 5.97 Å². The summed E-state index contributed by atoms with van der Waals surface area (Å²) in [5.41, 5.74) is 1.08. The van der Waals surface area contributed by atoms with Crippen LogP contribution in [0.4, 0.5) is 0 Å². The van der Waals surface area contributed by atoms with Crippen LogP contribution in [0.25, 0.3) is 10.9 Å². The lowest BCUT2D eigenvalue weighted by Crippen LogP contribution is -2.09. The Morgan fingerprint density at radius 2 is 2.05 bits per heavy atom. The van der Waals surface area contributed by atoms with Gasteiger partial charge in [0.1, 0.15) is 11.4 Å². The number of aromatic nitrogens is 1. The van der Waals surface area contributed by atoms with Crippen LogP contribution in [0, 0.1) is 0 Å². The molecule has 7 heteroatoms. The maximum absolute atomic E-state index is 11.9. The average Bonchev–Trinajstić information content (AvgIpc) is 2.67. The van der Waals surface area contributed by atoms with Crippen molar-refractivity contribution >= 4 is 51.7 Å². The van der Waals surface area contributed by atoms with Crippen LogP contribution in [0.2, 0.25) is 0 Å². The van der Waals surface area contributed by atoms with Gasteiger partial charge in [-0.2, -0.15) is 0 Å². The molecule has 0 amide bonds. The normalized spacial score (nSPS) is 11.8. The van der Waals surface area contributed by atoms with Crippen molar-refractivity contribution < 1.29 is 14.6 Å². The van der Waals surface area contributed by atoms with Crippen molar-refractivity contribution in [2.45, 2.75) is 10.7 Å². The van der Waals surface area contributed by atoms with Crippen molar-refractivity contribution in [2.24, 2.45) is 7.05 Å². The van der Waals surface area contributed by atoms with Crippen LogP contribution in [0.1, 0.15) is 23.0 Å². The number of rotatable bonds is 2. The van der Waals surface area contributed by atoms with Crippen molar-refractivity contribution in [2.75, 3.05) is 6.61 Å². The quantitative estimate of drug-likeness (QED) is 0.668. The molecule has 0 saturated heterocycles. The summed E-state index contributed by atoms with van der Waals surface area (Å²) in [6, 6.07) is 4.48. The molecule has 2 rings (SSSR count). The monoisotopic (exact) mass is 335 g/mol. The highest BCUT2D eigenvalue weighted by Crippen LogP contribution is 2.44. The van der Waals surface area contributed by atoms with Gasteiger partial charge in [-0.3, -0.25) is 0 Å². The predicted molar refractivity (Wildman–Crippen MR) is 79.8 cm³/mol. The zero-order valence-corrected chi connectivity index (χ0v) is 13.1. The van der Waals surface area contributed by atoms with Crippen LogP contribution >= 0.6 is 34.8 Å². The number of carbonyl (C=O) groups is 1. The van der Waals surface area contributed by atoms with E-state index < -0.39 is 9.76 Å². The summed E-state index contributed by atoms with van der Waals surface area (Å²) in [4.78, 5) is 11.9. The minimum Gasteiger partial charge on any atom is -0.506 e. The first-order valence-electron chi connectivity index (χ1n) is 5.83. The van der Waals surface area contributed by atoms with E-state index in [4.69, 9.17) is 39.5 Å². The second kappa shape index (κ2) is 5.35. The summed E-state index contributed by atoms with van der Waals surface area (Å²) in [6.07, 6.45) is 0. The molecule has 1 aromatic carbocycles. The van der Waals surface area contributed by atoms with E-state index in [1.54, 1.807) is 20.0 Å². The number of phenols is 1. The third-order valence-corrected chi connectivity index (χ3v) is 3.57. The minimum absolute atomic E-state index is 0.00366. The Bertz CT molecular complexity index is 674. The Hall–Kier alpha value is -1.10. The molecule has 108 valence electrons. The number of hydrogen-bond donors (Lipinski definition) is 1. The van der Waals surface area contributed by atoms with E-state index in [0.717, 1.165) is 0 Å². The Labute approximate surface area is 130 Å². The molecule has 0 radical (unpaired) electrons. The molecule has 20 heavy (non-hydrogen) atoms. The van der Waals surface area contributed by atoms with Gasteiger partial charge in [-0.15, -0.1) is 0 Å².